The summed E-state index contributed by atoms with van der Waals surface area (Å²) in [6.07, 6.45) is 8.05. The second kappa shape index (κ2) is 9.86. The lowest BCUT2D eigenvalue weighted by molar-refractivity contribution is 0.0373. The summed E-state index contributed by atoms with van der Waals surface area (Å²) in [6.45, 7) is 6.43. The normalized spacial score (nSPS) is 18.5. The van der Waals surface area contributed by atoms with Crippen molar-refractivity contribution in [2.24, 2.45) is 21.6 Å². The average Bonchev–Trinajstić information content (AvgIpc) is 3.08. The molecular weight excluding hydrogens is 444 g/mol. The van der Waals surface area contributed by atoms with Gasteiger partial charge in [-0.1, -0.05) is 37.3 Å². The van der Waals surface area contributed by atoms with Crippen molar-refractivity contribution in [3.8, 4) is 11.1 Å². The monoisotopic (exact) mass is 475 g/mol. The van der Waals surface area contributed by atoms with Crippen LogP contribution in [0.2, 0.25) is 0 Å². The van der Waals surface area contributed by atoms with E-state index in [0.29, 0.717) is 16.8 Å². The van der Waals surface area contributed by atoms with Crippen LogP contribution >= 0.6 is 0 Å². The minimum absolute atomic E-state index is 0.0315. The van der Waals surface area contributed by atoms with E-state index in [9.17, 15) is 0 Å². The third-order valence-electron chi connectivity index (χ3n) is 6.51. The minimum Gasteiger partial charge on any atom is -0.400 e. The first kappa shape index (κ1) is 24.4. The van der Waals surface area contributed by atoms with Crippen LogP contribution in [0, 0.1) is 5.92 Å². The third kappa shape index (κ3) is 4.63. The van der Waals surface area contributed by atoms with Crippen LogP contribution in [0.5, 0.6) is 0 Å². The van der Waals surface area contributed by atoms with E-state index >= 15 is 8.78 Å². The average molecular weight is 476 g/mol. The molecule has 0 heterocycles. The van der Waals surface area contributed by atoms with Crippen LogP contribution in [0.25, 0.3) is 16.7 Å². The molecule has 182 valence electrons. The first-order valence-corrected chi connectivity index (χ1v) is 11.7. The molecule has 0 spiro atoms. The Morgan fingerprint density at radius 3 is 2.71 bits per heavy atom. The molecule has 0 radical (unpaired) electrons. The summed E-state index contributed by atoms with van der Waals surface area (Å²) in [5.41, 5.74) is 10.9. The minimum atomic E-state index is -3.06. The number of hydrogen-bond acceptors (Lipinski definition) is 4. The van der Waals surface area contributed by atoms with E-state index in [1.807, 2.05) is 49.3 Å². The second-order valence-electron chi connectivity index (χ2n) is 8.92. The van der Waals surface area contributed by atoms with Crippen molar-refractivity contribution in [1.82, 2.24) is 4.90 Å². The van der Waals surface area contributed by atoms with Gasteiger partial charge in [0.05, 0.1) is 17.7 Å². The van der Waals surface area contributed by atoms with Gasteiger partial charge in [0.1, 0.15) is 0 Å². The molecule has 0 aromatic heterocycles. The van der Waals surface area contributed by atoms with Crippen molar-refractivity contribution in [1.29, 1.82) is 0 Å². The van der Waals surface area contributed by atoms with Gasteiger partial charge in [0.15, 0.2) is 0 Å². The zero-order valence-corrected chi connectivity index (χ0v) is 20.4. The Labute approximate surface area is 205 Å². The Kier molecular flexibility index (Phi) is 6.87. The van der Waals surface area contributed by atoms with Gasteiger partial charge in [0.2, 0.25) is 0 Å². The molecule has 7 heteroatoms. The largest absolute Gasteiger partial charge is 0.400 e. The molecule has 2 aromatic carbocycles. The molecule has 0 aliphatic heterocycles. The lowest BCUT2D eigenvalue weighted by Gasteiger charge is -2.23. The molecule has 2 aromatic rings. The Balaban J connectivity index is 1.65. The fraction of sp³-hybridized carbons (Fsp3) is 0.286. The van der Waals surface area contributed by atoms with Crippen molar-refractivity contribution in [2.45, 2.75) is 25.7 Å². The summed E-state index contributed by atoms with van der Waals surface area (Å²) < 4.78 is 31.2. The highest BCUT2D eigenvalue weighted by Gasteiger charge is 2.47. The van der Waals surface area contributed by atoms with E-state index in [1.54, 1.807) is 24.5 Å². The number of anilines is 1. The highest BCUT2D eigenvalue weighted by Crippen LogP contribution is 2.54. The van der Waals surface area contributed by atoms with E-state index < -0.39 is 5.92 Å². The number of allylic oxidation sites excluding steroid dienone is 4. The van der Waals surface area contributed by atoms with Gasteiger partial charge in [-0.2, -0.15) is 8.78 Å². The van der Waals surface area contributed by atoms with E-state index in [4.69, 9.17) is 5.73 Å². The number of nitrogens with zero attached hydrogens (tertiary/aromatic N) is 3. The van der Waals surface area contributed by atoms with E-state index in [0.717, 1.165) is 35.5 Å². The molecule has 0 fully saturated rings. The molecular formula is C28H31F2N5. The van der Waals surface area contributed by atoms with Gasteiger partial charge >= 0.3 is 0 Å². The molecule has 0 saturated heterocycles. The summed E-state index contributed by atoms with van der Waals surface area (Å²) >= 11 is 0. The van der Waals surface area contributed by atoms with Crippen LogP contribution in [0.1, 0.15) is 30.9 Å². The molecule has 3 N–H and O–H groups in total. The Morgan fingerprint density at radius 2 is 2.00 bits per heavy atom. The Hall–Kier alpha value is -3.74. The molecule has 4 rings (SSSR count). The van der Waals surface area contributed by atoms with Crippen molar-refractivity contribution >= 4 is 30.0 Å². The molecule has 5 nitrogen and oxygen atoms in total. The van der Waals surface area contributed by atoms with Crippen molar-refractivity contribution in [3.05, 3.63) is 77.1 Å². The first-order valence-electron chi connectivity index (χ1n) is 11.7. The second-order valence-corrected chi connectivity index (χ2v) is 8.92. The lowest BCUT2D eigenvalue weighted by atomic mass is 9.87. The molecule has 1 unspecified atom stereocenters. The zero-order valence-electron chi connectivity index (χ0n) is 20.4. The van der Waals surface area contributed by atoms with Crippen LogP contribution in [-0.2, 0) is 5.92 Å². The Bertz CT molecular complexity index is 1260. The predicted octanol–water partition coefficient (Wildman–Crippen LogP) is 6.33. The van der Waals surface area contributed by atoms with Gasteiger partial charge in [-0.05, 0) is 60.0 Å². The van der Waals surface area contributed by atoms with Gasteiger partial charge < -0.3 is 16.0 Å². The molecule has 0 amide bonds. The van der Waals surface area contributed by atoms with Gasteiger partial charge in [-0.25, -0.2) is 4.99 Å². The van der Waals surface area contributed by atoms with E-state index in [2.05, 4.69) is 28.9 Å². The summed E-state index contributed by atoms with van der Waals surface area (Å²) in [7, 11) is 3.81. The topological polar surface area (TPSA) is 66.0 Å². The van der Waals surface area contributed by atoms with Gasteiger partial charge in [0.25, 0.3) is 5.92 Å². The van der Waals surface area contributed by atoms with Crippen LogP contribution in [0.4, 0.5) is 20.2 Å². The number of alkyl halides is 2. The Morgan fingerprint density at radius 1 is 1.26 bits per heavy atom. The summed E-state index contributed by atoms with van der Waals surface area (Å²) in [6, 6.07) is 11.1. The van der Waals surface area contributed by atoms with Gasteiger partial charge in [-0.3, -0.25) is 4.99 Å². The quantitative estimate of drug-likeness (QED) is 0.346. The lowest BCUT2D eigenvalue weighted by Crippen LogP contribution is -2.20. The fourth-order valence-corrected chi connectivity index (χ4v) is 4.67. The highest BCUT2D eigenvalue weighted by molar-refractivity contribution is 5.88. The summed E-state index contributed by atoms with van der Waals surface area (Å²) in [4.78, 5) is 10.3. The van der Waals surface area contributed by atoms with Crippen LogP contribution in [-0.4, -0.2) is 38.6 Å². The first-order chi connectivity index (χ1) is 16.8. The number of aliphatic imine (C=N–C) groups is 2. The number of fused-ring (bicyclic) bond motifs is 2. The van der Waals surface area contributed by atoms with Gasteiger partial charge in [0, 0.05) is 49.6 Å². The SMILES string of the molecule is C=N/C=C(\N)C1C=CC2=C(C1)C(F)(F)c1cc(-c3ccc(/N=C/N(C)CCC)c(NC)c3)ccc12. The van der Waals surface area contributed by atoms with Crippen LogP contribution in [0.3, 0.4) is 0 Å². The molecule has 1 atom stereocenters. The smallest absolute Gasteiger partial charge is 0.296 e. The maximum Gasteiger partial charge on any atom is 0.296 e. The van der Waals surface area contributed by atoms with E-state index in [1.165, 1.54) is 6.20 Å². The predicted molar refractivity (Wildman–Crippen MR) is 142 cm³/mol. The third-order valence-corrected chi connectivity index (χ3v) is 6.51. The summed E-state index contributed by atoms with van der Waals surface area (Å²) in [5, 5.41) is 3.17. The molecule has 35 heavy (non-hydrogen) atoms. The van der Waals surface area contributed by atoms with E-state index in [-0.39, 0.29) is 23.5 Å². The van der Waals surface area contributed by atoms with Crippen molar-refractivity contribution in [3.63, 3.8) is 0 Å². The number of nitrogens with one attached hydrogen (secondary N) is 1. The highest BCUT2D eigenvalue weighted by atomic mass is 19.3. The maximum atomic E-state index is 15.6. The number of halogens is 2. The molecule has 0 bridgehead atoms. The molecule has 2 aliphatic carbocycles. The number of benzene rings is 2. The molecule has 0 saturated carbocycles. The number of rotatable bonds is 8. The maximum absolute atomic E-state index is 15.6. The van der Waals surface area contributed by atoms with Crippen molar-refractivity contribution < 1.29 is 8.78 Å². The standard InChI is InChI=1S/C28H31F2N5/c1-5-12-35(4)17-34-26-11-8-19(15-27(26)33-3)18-6-9-21-22-10-7-20(25(31)16-32-2)14-24(22)28(29,30)23(21)13-18/h6-11,13,15-17,20,33H,2,5,12,14,31H2,1,3-4H3/b25-16-,34-17+. The molecule has 2 aliphatic rings. The van der Waals surface area contributed by atoms with Crippen LogP contribution in [0.15, 0.2) is 76.0 Å². The number of hydrogen-bond donors (Lipinski definition) is 2. The number of nitrogens with two attached hydrogens (primary N) is 1. The van der Waals surface area contributed by atoms with Crippen LogP contribution < -0.4 is 11.1 Å². The zero-order chi connectivity index (χ0) is 25.2. The van der Waals surface area contributed by atoms with Crippen molar-refractivity contribution in [2.75, 3.05) is 26.0 Å². The fourth-order valence-electron chi connectivity index (χ4n) is 4.67. The summed E-state index contributed by atoms with van der Waals surface area (Å²) in [5.74, 6) is -3.38. The van der Waals surface area contributed by atoms with Gasteiger partial charge in [-0.15, -0.1) is 0 Å².